The molecule has 0 amide bonds. The number of benzene rings is 1. The molecule has 24 heavy (non-hydrogen) atoms. The van der Waals surface area contributed by atoms with E-state index in [1.165, 1.54) is 18.2 Å². The zero-order valence-corrected chi connectivity index (χ0v) is 16.1. The standard InChI is InChI=1S/C15H28NOSi.CH6O4S/c1-15(2,3)18(7,8)17-14-11-9-10-13(12-14)16(4,5)6;1-6(2,3,4)5/h9-12H,1-8H3;1H3,(H3,2,3,4,5)/q+1;/p-1/i4D3,5D3,6D3;1D3. The van der Waals surface area contributed by atoms with Gasteiger partial charge in [0.1, 0.15) is 11.4 Å². The molecule has 2 N–H and O–H groups in total. The SMILES string of the molecule is [2H]C([2H])([2H])S(=O)([O-])(O)O.[2H]C([2H])([2H])[N+](c1cccc(O[Si](C)(C)C(C)(C)C)c1)(C([2H])([2H])[2H])C([2H])([2H])[2H]. The Kier molecular flexibility index (Phi) is 2.80. The molecule has 0 saturated heterocycles. The van der Waals surface area contributed by atoms with Crippen molar-refractivity contribution >= 4 is 23.9 Å². The molecule has 0 bridgehead atoms. The van der Waals surface area contributed by atoms with Crippen LogP contribution < -0.4 is 8.91 Å². The maximum absolute atomic E-state index is 9.80. The van der Waals surface area contributed by atoms with E-state index in [0.29, 0.717) is 0 Å². The van der Waals surface area contributed by atoms with Gasteiger partial charge < -0.3 is 18.1 Å². The summed E-state index contributed by atoms with van der Waals surface area (Å²) in [6.45, 7) is 0.0204. The Labute approximate surface area is 164 Å². The molecule has 0 aliphatic carbocycles. The van der Waals surface area contributed by atoms with E-state index < -0.39 is 49.8 Å². The first kappa shape index (κ1) is 9.80. The first-order chi connectivity index (χ1) is 15.2. The van der Waals surface area contributed by atoms with Gasteiger partial charge in [-0.1, -0.05) is 26.8 Å². The molecular formula is C16H33NO5SSi. The highest BCUT2D eigenvalue weighted by Gasteiger charge is 2.39. The van der Waals surface area contributed by atoms with Gasteiger partial charge in [-0.25, -0.2) is 4.21 Å². The van der Waals surface area contributed by atoms with Crippen LogP contribution in [0.4, 0.5) is 5.69 Å². The van der Waals surface area contributed by atoms with Gasteiger partial charge >= 0.3 is 0 Å². The van der Waals surface area contributed by atoms with Gasteiger partial charge in [-0.15, -0.1) is 0 Å². The minimum atomic E-state index is -6.58. The summed E-state index contributed by atoms with van der Waals surface area (Å²) in [7, 11) is -8.88. The summed E-state index contributed by atoms with van der Waals surface area (Å²) in [6.07, 6.45) is -3.77. The largest absolute Gasteiger partial charge is 0.750 e. The highest BCUT2D eigenvalue weighted by atomic mass is 32.3. The zero-order valence-electron chi connectivity index (χ0n) is 26.3. The normalized spacial score (nSPS) is 24.4. The van der Waals surface area contributed by atoms with E-state index in [4.69, 9.17) is 30.0 Å². The van der Waals surface area contributed by atoms with Crippen molar-refractivity contribution in [1.82, 2.24) is 4.48 Å². The molecule has 8 heteroatoms. The van der Waals surface area contributed by atoms with Crippen LogP contribution in [0.1, 0.15) is 37.2 Å². The highest BCUT2D eigenvalue weighted by molar-refractivity contribution is 8.04. The summed E-state index contributed by atoms with van der Waals surface area (Å²) in [5, 5.41) is -0.146. The average molecular weight is 392 g/mol. The van der Waals surface area contributed by atoms with Gasteiger partial charge in [0.25, 0.3) is 0 Å². The maximum atomic E-state index is 9.80. The van der Waals surface area contributed by atoms with Crippen LogP contribution in [0.5, 0.6) is 5.75 Å². The van der Waals surface area contributed by atoms with Gasteiger partial charge in [-0.3, -0.25) is 4.48 Å². The van der Waals surface area contributed by atoms with Gasteiger partial charge in [0, 0.05) is 26.3 Å². The molecule has 0 fully saturated rings. The fourth-order valence-corrected chi connectivity index (χ4v) is 2.23. The fraction of sp³-hybridized carbons (Fsp3) is 0.625. The molecule has 1 rings (SSSR count). The van der Waals surface area contributed by atoms with Crippen molar-refractivity contribution in [2.24, 2.45) is 0 Å². The van der Waals surface area contributed by atoms with Crippen molar-refractivity contribution in [1.29, 1.82) is 0 Å². The minimum absolute atomic E-state index is 0.146. The van der Waals surface area contributed by atoms with Gasteiger partial charge in [0.15, 0.2) is 0 Å². The van der Waals surface area contributed by atoms with Gasteiger partial charge in [0.05, 0.1) is 33.3 Å². The second-order valence-electron chi connectivity index (χ2n) is 6.83. The van der Waals surface area contributed by atoms with Crippen molar-refractivity contribution < 1.29 is 38.7 Å². The summed E-state index contributed by atoms with van der Waals surface area (Å²) in [5.41, 5.74) is -0.355. The van der Waals surface area contributed by atoms with Crippen molar-refractivity contribution in [3.63, 3.8) is 0 Å². The molecule has 0 saturated carbocycles. The number of hydrogen-bond acceptors (Lipinski definition) is 3. The summed E-state index contributed by atoms with van der Waals surface area (Å²) >= 11 is 0. The zero-order chi connectivity index (χ0) is 29.6. The van der Waals surface area contributed by atoms with Crippen LogP contribution in [0, 0.1) is 0 Å². The average Bonchev–Trinajstić information content (AvgIpc) is 2.47. The van der Waals surface area contributed by atoms with E-state index in [1.54, 1.807) is 6.07 Å². The van der Waals surface area contributed by atoms with Crippen LogP contribution in [-0.4, -0.2) is 53.3 Å². The molecule has 0 radical (unpaired) electrons. The third kappa shape index (κ3) is 10.2. The molecule has 0 atom stereocenters. The lowest BCUT2D eigenvalue weighted by atomic mass is 10.2. The first-order valence-corrected chi connectivity index (χ1v) is 11.5. The summed E-state index contributed by atoms with van der Waals surface area (Å²) in [6, 6.07) is 5.44. The van der Waals surface area contributed by atoms with E-state index >= 15 is 0 Å². The first-order valence-electron chi connectivity index (χ1n) is 12.8. The Bertz CT molecular complexity index is 942. The fourth-order valence-electron chi connectivity index (χ4n) is 1.20. The van der Waals surface area contributed by atoms with Crippen LogP contribution in [0.15, 0.2) is 24.3 Å². The molecule has 0 aromatic heterocycles. The third-order valence-corrected chi connectivity index (χ3v) is 7.74. The van der Waals surface area contributed by atoms with Gasteiger partial charge in [-0.05, 0) is 30.3 Å². The second-order valence-corrected chi connectivity index (χ2v) is 13.1. The van der Waals surface area contributed by atoms with Gasteiger partial charge in [-0.2, -0.15) is 0 Å². The monoisotopic (exact) mass is 391 g/mol. The second kappa shape index (κ2) is 6.85. The number of hydrogen-bond donors (Lipinski definition) is 2. The quantitative estimate of drug-likeness (QED) is 0.604. The van der Waals surface area contributed by atoms with E-state index in [1.807, 2.05) is 33.9 Å². The van der Waals surface area contributed by atoms with Crippen LogP contribution >= 0.6 is 0 Å². The smallest absolute Gasteiger partial charge is 0.250 e. The summed E-state index contributed by atoms with van der Waals surface area (Å²) in [4.78, 5) is 0. The molecule has 0 heterocycles. The lowest BCUT2D eigenvalue weighted by molar-refractivity contribution is 0.282. The van der Waals surface area contributed by atoms with Gasteiger partial charge in [0.2, 0.25) is 8.32 Å². The Balaban J connectivity index is 0.00000115. The molecule has 0 unspecified atom stereocenters. The van der Waals surface area contributed by atoms with Crippen LogP contribution in [-0.2, 0) is 9.91 Å². The predicted molar refractivity (Wildman–Crippen MR) is 104 cm³/mol. The van der Waals surface area contributed by atoms with E-state index in [2.05, 4.69) is 0 Å². The maximum Gasteiger partial charge on any atom is 0.250 e. The predicted octanol–water partition coefficient (Wildman–Crippen LogP) is 3.78. The van der Waals surface area contributed by atoms with Crippen molar-refractivity contribution in [3.05, 3.63) is 24.3 Å². The molecule has 6 nitrogen and oxygen atoms in total. The lowest BCUT2D eigenvalue weighted by Gasteiger charge is -2.36. The molecular weight excluding hydrogens is 346 g/mol. The lowest BCUT2D eigenvalue weighted by Crippen LogP contribution is -2.44. The molecule has 0 aliphatic heterocycles. The Morgan fingerprint density at radius 3 is 2.12 bits per heavy atom. The van der Waals surface area contributed by atoms with E-state index in [0.717, 1.165) is 0 Å². The van der Waals surface area contributed by atoms with Crippen molar-refractivity contribution in [2.75, 3.05) is 27.1 Å². The van der Waals surface area contributed by atoms with Crippen LogP contribution in [0.3, 0.4) is 0 Å². The van der Waals surface area contributed by atoms with Crippen molar-refractivity contribution in [2.45, 2.75) is 38.9 Å². The van der Waals surface area contributed by atoms with Crippen molar-refractivity contribution in [3.8, 4) is 5.75 Å². The number of quaternary nitrogens is 1. The molecule has 1 aromatic carbocycles. The summed E-state index contributed by atoms with van der Waals surface area (Å²) < 4.78 is 127. The third-order valence-electron chi connectivity index (χ3n) is 3.38. The van der Waals surface area contributed by atoms with Crippen LogP contribution in [0.25, 0.3) is 0 Å². The molecule has 142 valence electrons. The Morgan fingerprint density at radius 1 is 1.25 bits per heavy atom. The number of rotatable bonds is 3. The van der Waals surface area contributed by atoms with E-state index in [9.17, 15) is 8.76 Å². The summed E-state index contributed by atoms with van der Waals surface area (Å²) in [5.74, 6) is 0.263. The molecule has 0 spiro atoms. The minimum Gasteiger partial charge on any atom is -0.750 e. The Morgan fingerprint density at radius 2 is 1.75 bits per heavy atom. The number of nitrogens with zero attached hydrogens (tertiary/aromatic N) is 1. The topological polar surface area (TPSA) is 89.8 Å². The van der Waals surface area contributed by atoms with Crippen LogP contribution in [0.2, 0.25) is 18.1 Å². The molecule has 1 aromatic rings. The Hall–Kier alpha value is -0.773. The highest BCUT2D eigenvalue weighted by Crippen LogP contribution is 2.38. The molecule has 0 aliphatic rings. The van der Waals surface area contributed by atoms with E-state index in [-0.39, 0.29) is 16.5 Å².